The van der Waals surface area contributed by atoms with Crippen molar-refractivity contribution >= 4 is 23.9 Å². The average Bonchev–Trinajstić information content (AvgIpc) is 3.34. The maximum Gasteiger partial charge on any atom is 0.128 e. The number of rotatable bonds is 5. The third-order valence-electron chi connectivity index (χ3n) is 5.87. The SMILES string of the molecule is COc1cc(N2CCNCC2)ccc1-c1cnc(N)cc1-c1ccnn1-c1ccc(F)cc1.Cl. The van der Waals surface area contributed by atoms with Gasteiger partial charge in [0, 0.05) is 60.8 Å². The summed E-state index contributed by atoms with van der Waals surface area (Å²) in [6, 6.07) is 16.2. The Labute approximate surface area is 203 Å². The van der Waals surface area contributed by atoms with Gasteiger partial charge in [-0.1, -0.05) is 0 Å². The molecule has 0 amide bonds. The van der Waals surface area contributed by atoms with Gasteiger partial charge in [-0.05, 0) is 48.5 Å². The Bertz CT molecular complexity index is 1270. The highest BCUT2D eigenvalue weighted by molar-refractivity contribution is 5.87. The fraction of sp³-hybridized carbons (Fsp3) is 0.200. The van der Waals surface area contributed by atoms with Gasteiger partial charge in [-0.3, -0.25) is 0 Å². The van der Waals surface area contributed by atoms with Crippen LogP contribution in [0, 0.1) is 5.82 Å². The second-order valence-electron chi connectivity index (χ2n) is 7.88. The summed E-state index contributed by atoms with van der Waals surface area (Å²) in [7, 11) is 1.67. The molecule has 1 aliphatic rings. The first kappa shape index (κ1) is 23.5. The number of aromatic nitrogens is 3. The minimum atomic E-state index is -0.296. The maximum absolute atomic E-state index is 13.5. The van der Waals surface area contributed by atoms with E-state index in [0.29, 0.717) is 5.82 Å². The van der Waals surface area contributed by atoms with Crippen LogP contribution in [0.1, 0.15) is 0 Å². The molecule has 4 aromatic rings. The highest BCUT2D eigenvalue weighted by Crippen LogP contribution is 2.40. The van der Waals surface area contributed by atoms with Crippen LogP contribution in [0.15, 0.2) is 67.0 Å². The molecule has 0 saturated carbocycles. The van der Waals surface area contributed by atoms with Crippen molar-refractivity contribution in [2.75, 3.05) is 43.9 Å². The van der Waals surface area contributed by atoms with Crippen LogP contribution < -0.4 is 20.7 Å². The molecule has 0 aliphatic carbocycles. The van der Waals surface area contributed by atoms with E-state index in [9.17, 15) is 4.39 Å². The molecule has 1 aliphatic heterocycles. The molecule has 2 aromatic heterocycles. The van der Waals surface area contributed by atoms with Gasteiger partial charge in [0.15, 0.2) is 0 Å². The minimum absolute atomic E-state index is 0. The van der Waals surface area contributed by atoms with E-state index >= 15 is 0 Å². The lowest BCUT2D eigenvalue weighted by atomic mass is 9.98. The van der Waals surface area contributed by atoms with Gasteiger partial charge >= 0.3 is 0 Å². The van der Waals surface area contributed by atoms with Crippen LogP contribution in [0.25, 0.3) is 28.1 Å². The Morgan fingerprint density at radius 1 is 0.941 bits per heavy atom. The third kappa shape index (κ3) is 4.55. The Morgan fingerprint density at radius 3 is 2.41 bits per heavy atom. The fourth-order valence-corrected chi connectivity index (χ4v) is 4.22. The molecule has 0 unspecified atom stereocenters. The highest BCUT2D eigenvalue weighted by Gasteiger charge is 2.19. The number of nitrogens with zero attached hydrogens (tertiary/aromatic N) is 4. The molecule has 34 heavy (non-hydrogen) atoms. The number of methoxy groups -OCH3 is 1. The summed E-state index contributed by atoms with van der Waals surface area (Å²) in [6.45, 7) is 3.83. The summed E-state index contributed by atoms with van der Waals surface area (Å²) in [6.07, 6.45) is 3.47. The van der Waals surface area contributed by atoms with Crippen LogP contribution >= 0.6 is 12.4 Å². The number of anilines is 2. The quantitative estimate of drug-likeness (QED) is 0.446. The van der Waals surface area contributed by atoms with Crippen LogP contribution in [0.3, 0.4) is 0 Å². The Hall–Kier alpha value is -3.62. The lowest BCUT2D eigenvalue weighted by Gasteiger charge is -2.30. The van der Waals surface area contributed by atoms with Crippen LogP contribution in [0.5, 0.6) is 5.75 Å². The standard InChI is InChI=1S/C25H25FN6O.ClH/c1-33-24-14-19(31-12-10-28-11-13-31)6-7-20(24)22-16-29-25(27)15-21(22)23-8-9-30-32(23)18-4-2-17(26)3-5-18;/h2-9,14-16,28H,10-13H2,1H3,(H2,27,29);1H. The third-order valence-corrected chi connectivity index (χ3v) is 5.87. The first-order chi connectivity index (χ1) is 16.1. The van der Waals surface area contributed by atoms with Crippen molar-refractivity contribution in [3.8, 4) is 33.8 Å². The number of nitrogen functional groups attached to an aromatic ring is 1. The van der Waals surface area contributed by atoms with E-state index in [4.69, 9.17) is 10.5 Å². The van der Waals surface area contributed by atoms with E-state index in [2.05, 4.69) is 38.5 Å². The number of nitrogens with one attached hydrogen (secondary N) is 1. The van der Waals surface area contributed by atoms with Crippen LogP contribution in [-0.2, 0) is 0 Å². The molecular formula is C25H26ClFN6O. The lowest BCUT2D eigenvalue weighted by molar-refractivity contribution is 0.416. The Kier molecular flexibility index (Phi) is 7.00. The van der Waals surface area contributed by atoms with Gasteiger partial charge in [0.1, 0.15) is 17.4 Å². The summed E-state index contributed by atoms with van der Waals surface area (Å²) in [5.41, 5.74) is 11.4. The van der Waals surface area contributed by atoms with E-state index in [1.807, 2.05) is 12.1 Å². The van der Waals surface area contributed by atoms with Crippen molar-refractivity contribution in [2.24, 2.45) is 0 Å². The molecule has 0 radical (unpaired) electrons. The summed E-state index contributed by atoms with van der Waals surface area (Å²) >= 11 is 0. The minimum Gasteiger partial charge on any atom is -0.496 e. The van der Waals surface area contributed by atoms with Crippen molar-refractivity contribution in [1.29, 1.82) is 0 Å². The molecule has 2 aromatic carbocycles. The number of hydrogen-bond donors (Lipinski definition) is 2. The molecule has 3 N–H and O–H groups in total. The molecule has 5 rings (SSSR count). The second-order valence-corrected chi connectivity index (χ2v) is 7.88. The molecule has 1 fully saturated rings. The van der Waals surface area contributed by atoms with Gasteiger partial charge in [0.2, 0.25) is 0 Å². The lowest BCUT2D eigenvalue weighted by Crippen LogP contribution is -2.43. The summed E-state index contributed by atoms with van der Waals surface area (Å²) in [5.74, 6) is 0.860. The first-order valence-electron chi connectivity index (χ1n) is 10.8. The van der Waals surface area contributed by atoms with Gasteiger partial charge in [-0.15, -0.1) is 12.4 Å². The van der Waals surface area contributed by atoms with E-state index in [-0.39, 0.29) is 18.2 Å². The van der Waals surface area contributed by atoms with Gasteiger partial charge in [-0.2, -0.15) is 5.10 Å². The van der Waals surface area contributed by atoms with Crippen molar-refractivity contribution in [3.05, 3.63) is 72.8 Å². The monoisotopic (exact) mass is 480 g/mol. The van der Waals surface area contributed by atoms with E-state index in [0.717, 1.165) is 65.7 Å². The smallest absolute Gasteiger partial charge is 0.128 e. The molecule has 3 heterocycles. The summed E-state index contributed by atoms with van der Waals surface area (Å²) in [5, 5.41) is 7.84. The number of benzene rings is 2. The average molecular weight is 481 g/mol. The number of halogens is 2. The normalized spacial score (nSPS) is 13.4. The Morgan fingerprint density at radius 2 is 1.68 bits per heavy atom. The number of pyridine rings is 1. The molecular weight excluding hydrogens is 455 g/mol. The van der Waals surface area contributed by atoms with Gasteiger partial charge in [0.05, 0.1) is 24.7 Å². The van der Waals surface area contributed by atoms with Gasteiger partial charge in [-0.25, -0.2) is 14.1 Å². The number of piperazine rings is 1. The topological polar surface area (TPSA) is 81.2 Å². The molecule has 1 saturated heterocycles. The van der Waals surface area contributed by atoms with Crippen LogP contribution in [0.4, 0.5) is 15.9 Å². The molecule has 9 heteroatoms. The molecule has 176 valence electrons. The number of nitrogens with two attached hydrogens (primary N) is 1. The van der Waals surface area contributed by atoms with Crippen molar-refractivity contribution < 1.29 is 9.13 Å². The number of ether oxygens (including phenoxy) is 1. The van der Waals surface area contributed by atoms with Crippen LogP contribution in [-0.4, -0.2) is 48.1 Å². The largest absolute Gasteiger partial charge is 0.496 e. The summed E-state index contributed by atoms with van der Waals surface area (Å²) in [4.78, 5) is 6.69. The van der Waals surface area contributed by atoms with Crippen molar-refractivity contribution in [3.63, 3.8) is 0 Å². The predicted molar refractivity (Wildman–Crippen MR) is 135 cm³/mol. The van der Waals surface area contributed by atoms with E-state index < -0.39 is 0 Å². The van der Waals surface area contributed by atoms with Crippen molar-refractivity contribution in [2.45, 2.75) is 0 Å². The zero-order chi connectivity index (χ0) is 22.8. The fourth-order valence-electron chi connectivity index (χ4n) is 4.22. The van der Waals surface area contributed by atoms with Gasteiger partial charge in [0.25, 0.3) is 0 Å². The first-order valence-corrected chi connectivity index (χ1v) is 10.8. The van der Waals surface area contributed by atoms with E-state index in [1.54, 1.807) is 36.3 Å². The highest BCUT2D eigenvalue weighted by atomic mass is 35.5. The van der Waals surface area contributed by atoms with Crippen LogP contribution in [0.2, 0.25) is 0 Å². The van der Waals surface area contributed by atoms with E-state index in [1.165, 1.54) is 12.1 Å². The second kappa shape index (κ2) is 10.1. The Balaban J connectivity index is 0.00000274. The summed E-state index contributed by atoms with van der Waals surface area (Å²) < 4.78 is 21.0. The molecule has 0 bridgehead atoms. The zero-order valence-corrected chi connectivity index (χ0v) is 19.6. The van der Waals surface area contributed by atoms with Crippen molar-refractivity contribution in [1.82, 2.24) is 20.1 Å². The zero-order valence-electron chi connectivity index (χ0n) is 18.7. The molecule has 0 spiro atoms. The molecule has 0 atom stereocenters. The maximum atomic E-state index is 13.5. The molecule has 7 nitrogen and oxygen atoms in total. The predicted octanol–water partition coefficient (Wildman–Crippen LogP) is 4.16. The van der Waals surface area contributed by atoms with Gasteiger partial charge < -0.3 is 20.7 Å². The number of hydrogen-bond acceptors (Lipinski definition) is 6.